The Labute approximate surface area is 146 Å². The second kappa shape index (κ2) is 9.26. The first kappa shape index (κ1) is 19.9. The van der Waals surface area contributed by atoms with Crippen molar-refractivity contribution in [3.05, 3.63) is 29.8 Å². The number of benzene rings is 1. The third-order valence-corrected chi connectivity index (χ3v) is 4.68. The van der Waals surface area contributed by atoms with E-state index in [1.165, 1.54) is 12.0 Å². The molecule has 4 nitrogen and oxygen atoms in total. The number of piperidine rings is 1. The molecular formula is C18H30ClN3O. The zero-order chi connectivity index (χ0) is 16.1. The largest absolute Gasteiger partial charge is 0.329 e. The summed E-state index contributed by atoms with van der Waals surface area (Å²) in [5, 5.41) is 2.99. The van der Waals surface area contributed by atoms with Crippen LogP contribution in [0.3, 0.4) is 0 Å². The molecule has 1 aliphatic heterocycles. The van der Waals surface area contributed by atoms with E-state index in [2.05, 4.69) is 43.1 Å². The smallest absolute Gasteiger partial charge is 0.238 e. The molecule has 0 aromatic heterocycles. The number of carbonyl (C=O) groups excluding carboxylic acids is 1. The molecule has 0 bridgehead atoms. The summed E-state index contributed by atoms with van der Waals surface area (Å²) in [6.45, 7) is 8.57. The fourth-order valence-corrected chi connectivity index (χ4v) is 3.25. The lowest BCUT2D eigenvalue weighted by molar-refractivity contribution is -0.118. The van der Waals surface area contributed by atoms with Gasteiger partial charge in [-0.15, -0.1) is 12.4 Å². The van der Waals surface area contributed by atoms with Crippen molar-refractivity contribution in [2.45, 2.75) is 45.6 Å². The van der Waals surface area contributed by atoms with Gasteiger partial charge in [0.15, 0.2) is 0 Å². The molecule has 0 saturated carbocycles. The molecule has 0 spiro atoms. The molecule has 0 radical (unpaired) electrons. The van der Waals surface area contributed by atoms with Crippen LogP contribution in [0.5, 0.6) is 0 Å². The van der Waals surface area contributed by atoms with Gasteiger partial charge in [0.25, 0.3) is 0 Å². The highest BCUT2D eigenvalue weighted by Gasteiger charge is 2.28. The molecule has 1 saturated heterocycles. The van der Waals surface area contributed by atoms with E-state index in [9.17, 15) is 4.79 Å². The molecule has 1 fully saturated rings. The van der Waals surface area contributed by atoms with Gasteiger partial charge in [-0.05, 0) is 48.9 Å². The predicted octanol–water partition coefficient (Wildman–Crippen LogP) is 3.23. The predicted molar refractivity (Wildman–Crippen MR) is 99.2 cm³/mol. The maximum atomic E-state index is 12.3. The Balaban J connectivity index is 0.00000264. The molecule has 1 heterocycles. The number of halogens is 1. The van der Waals surface area contributed by atoms with Crippen molar-refractivity contribution in [2.24, 2.45) is 11.7 Å². The van der Waals surface area contributed by atoms with Gasteiger partial charge in [-0.2, -0.15) is 0 Å². The van der Waals surface area contributed by atoms with Crippen LogP contribution in [0.1, 0.15) is 45.1 Å². The Bertz CT molecular complexity index is 490. The Kier molecular flexibility index (Phi) is 8.03. The van der Waals surface area contributed by atoms with Gasteiger partial charge in [-0.25, -0.2) is 0 Å². The molecule has 3 N–H and O–H groups in total. The summed E-state index contributed by atoms with van der Waals surface area (Å²) in [6, 6.07) is 8.43. The van der Waals surface area contributed by atoms with Gasteiger partial charge in [0, 0.05) is 18.3 Å². The van der Waals surface area contributed by atoms with E-state index in [1.807, 2.05) is 12.1 Å². The summed E-state index contributed by atoms with van der Waals surface area (Å²) in [4.78, 5) is 14.5. The highest BCUT2D eigenvalue weighted by atomic mass is 35.5. The standard InChI is InChI=1S/C18H29N3O.ClH/c1-13(2)15-6-8-16(9-7-15)20-18(22)12-21-10-4-5-14(3)17(21)11-19;/h6-9,13-14,17H,4-5,10-12,19H2,1-3H3,(H,20,22);1H. The van der Waals surface area contributed by atoms with Gasteiger partial charge in [-0.1, -0.05) is 32.9 Å². The quantitative estimate of drug-likeness (QED) is 0.865. The topological polar surface area (TPSA) is 58.4 Å². The molecule has 2 rings (SSSR count). The second-order valence-corrected chi connectivity index (χ2v) is 6.72. The molecule has 1 aliphatic rings. The summed E-state index contributed by atoms with van der Waals surface area (Å²) in [7, 11) is 0. The lowest BCUT2D eigenvalue weighted by Crippen LogP contribution is -2.51. The number of hydrogen-bond donors (Lipinski definition) is 2. The highest BCUT2D eigenvalue weighted by molar-refractivity contribution is 5.92. The maximum absolute atomic E-state index is 12.3. The van der Waals surface area contributed by atoms with E-state index >= 15 is 0 Å². The number of hydrogen-bond acceptors (Lipinski definition) is 3. The van der Waals surface area contributed by atoms with E-state index in [0.29, 0.717) is 31.0 Å². The molecule has 5 heteroatoms. The fourth-order valence-electron chi connectivity index (χ4n) is 3.25. The molecule has 1 amide bonds. The molecule has 23 heavy (non-hydrogen) atoms. The monoisotopic (exact) mass is 339 g/mol. The van der Waals surface area contributed by atoms with Gasteiger partial charge >= 0.3 is 0 Å². The highest BCUT2D eigenvalue weighted by Crippen LogP contribution is 2.22. The number of nitrogens with two attached hydrogens (primary N) is 1. The van der Waals surface area contributed by atoms with Crippen LogP contribution in [-0.2, 0) is 4.79 Å². The average molecular weight is 340 g/mol. The molecule has 2 atom stereocenters. The first-order chi connectivity index (χ1) is 10.5. The van der Waals surface area contributed by atoms with Crippen molar-refractivity contribution in [3.63, 3.8) is 0 Å². The molecule has 0 aliphatic carbocycles. The van der Waals surface area contributed by atoms with Gasteiger partial charge < -0.3 is 11.1 Å². The van der Waals surface area contributed by atoms with Crippen LogP contribution >= 0.6 is 12.4 Å². The number of likely N-dealkylation sites (tertiary alicyclic amines) is 1. The minimum atomic E-state index is 0. The van der Waals surface area contributed by atoms with Crippen LogP contribution < -0.4 is 11.1 Å². The van der Waals surface area contributed by atoms with Crippen LogP contribution in [0.2, 0.25) is 0 Å². The first-order valence-electron chi connectivity index (χ1n) is 8.35. The van der Waals surface area contributed by atoms with Crippen LogP contribution in [0.25, 0.3) is 0 Å². The van der Waals surface area contributed by atoms with E-state index < -0.39 is 0 Å². The Morgan fingerprint density at radius 3 is 2.57 bits per heavy atom. The van der Waals surface area contributed by atoms with Crippen molar-refractivity contribution >= 4 is 24.0 Å². The summed E-state index contributed by atoms with van der Waals surface area (Å²) >= 11 is 0. The van der Waals surface area contributed by atoms with Crippen LogP contribution in [0, 0.1) is 5.92 Å². The summed E-state index contributed by atoms with van der Waals surface area (Å²) in [6.07, 6.45) is 2.35. The van der Waals surface area contributed by atoms with Crippen molar-refractivity contribution < 1.29 is 4.79 Å². The summed E-state index contributed by atoms with van der Waals surface area (Å²) in [5.41, 5.74) is 8.03. The third kappa shape index (κ3) is 5.48. The van der Waals surface area contributed by atoms with Crippen LogP contribution in [0.4, 0.5) is 5.69 Å². The molecular weight excluding hydrogens is 310 g/mol. The maximum Gasteiger partial charge on any atom is 0.238 e. The molecule has 2 unspecified atom stereocenters. The van der Waals surface area contributed by atoms with Gasteiger partial charge in [0.05, 0.1) is 6.54 Å². The molecule has 1 aromatic carbocycles. The second-order valence-electron chi connectivity index (χ2n) is 6.72. The van der Waals surface area contributed by atoms with Gasteiger partial charge in [0.2, 0.25) is 5.91 Å². The number of nitrogens with zero attached hydrogens (tertiary/aromatic N) is 1. The number of anilines is 1. The summed E-state index contributed by atoms with van der Waals surface area (Å²) < 4.78 is 0. The Morgan fingerprint density at radius 2 is 2.00 bits per heavy atom. The minimum Gasteiger partial charge on any atom is -0.329 e. The Hall–Kier alpha value is -1.10. The van der Waals surface area contributed by atoms with E-state index in [1.54, 1.807) is 0 Å². The number of nitrogens with one attached hydrogen (secondary N) is 1. The molecule has 130 valence electrons. The van der Waals surface area contributed by atoms with Crippen molar-refractivity contribution in [1.82, 2.24) is 4.90 Å². The van der Waals surface area contributed by atoms with Gasteiger partial charge in [0.1, 0.15) is 0 Å². The van der Waals surface area contributed by atoms with Crippen LogP contribution in [0.15, 0.2) is 24.3 Å². The van der Waals surface area contributed by atoms with E-state index in [4.69, 9.17) is 5.73 Å². The lowest BCUT2D eigenvalue weighted by atomic mass is 9.91. The Morgan fingerprint density at radius 1 is 1.35 bits per heavy atom. The average Bonchev–Trinajstić information content (AvgIpc) is 2.48. The zero-order valence-corrected chi connectivity index (χ0v) is 15.2. The molecule has 1 aromatic rings. The zero-order valence-electron chi connectivity index (χ0n) is 14.4. The van der Waals surface area contributed by atoms with Crippen molar-refractivity contribution in [2.75, 3.05) is 25.0 Å². The SMILES string of the molecule is CC(C)c1ccc(NC(=O)CN2CCCC(C)C2CN)cc1.Cl. The van der Waals surface area contributed by atoms with E-state index in [-0.39, 0.29) is 18.3 Å². The summed E-state index contributed by atoms with van der Waals surface area (Å²) in [5.74, 6) is 1.12. The van der Waals surface area contributed by atoms with Crippen LogP contribution in [-0.4, -0.2) is 36.5 Å². The third-order valence-electron chi connectivity index (χ3n) is 4.68. The van der Waals surface area contributed by atoms with Crippen molar-refractivity contribution in [1.29, 1.82) is 0 Å². The van der Waals surface area contributed by atoms with E-state index in [0.717, 1.165) is 18.7 Å². The normalized spacial score (nSPS) is 21.8. The number of carbonyl (C=O) groups is 1. The number of amides is 1. The van der Waals surface area contributed by atoms with Gasteiger partial charge in [-0.3, -0.25) is 9.69 Å². The fraction of sp³-hybridized carbons (Fsp3) is 0.611. The first-order valence-corrected chi connectivity index (χ1v) is 8.35. The minimum absolute atomic E-state index is 0. The van der Waals surface area contributed by atoms with Crippen molar-refractivity contribution in [3.8, 4) is 0 Å². The number of rotatable bonds is 5. The lowest BCUT2D eigenvalue weighted by Gasteiger charge is -2.38.